The van der Waals surface area contributed by atoms with Crippen LogP contribution in [0, 0.1) is 0 Å². The maximum atomic E-state index is 12.5. The summed E-state index contributed by atoms with van der Waals surface area (Å²) in [7, 11) is 0. The zero-order valence-electron chi connectivity index (χ0n) is 11.7. The number of benzene rings is 1. The molecule has 1 N–H and O–H groups in total. The molecule has 1 aliphatic heterocycles. The standard InChI is InChI=1S/C16H22N2O2/c1-2-10-18(14-7-4-3-5-8-14)16(20)13-17-11-6-9-15(19)12-17/h2-5,7-8,15,19H,1,6,9-13H2. The molecule has 1 aromatic carbocycles. The highest BCUT2D eigenvalue weighted by atomic mass is 16.3. The van der Waals surface area contributed by atoms with Crippen molar-refractivity contribution < 1.29 is 9.90 Å². The number of piperidine rings is 1. The number of hydrogen-bond acceptors (Lipinski definition) is 3. The van der Waals surface area contributed by atoms with E-state index in [0.717, 1.165) is 25.1 Å². The molecule has 1 aliphatic rings. The number of rotatable bonds is 5. The minimum absolute atomic E-state index is 0.0465. The van der Waals surface area contributed by atoms with Gasteiger partial charge in [-0.05, 0) is 31.5 Å². The van der Waals surface area contributed by atoms with Gasteiger partial charge in [0.1, 0.15) is 0 Å². The van der Waals surface area contributed by atoms with Crippen molar-refractivity contribution in [2.75, 3.05) is 31.1 Å². The number of amides is 1. The summed E-state index contributed by atoms with van der Waals surface area (Å²) >= 11 is 0. The van der Waals surface area contributed by atoms with Gasteiger partial charge in [0.05, 0.1) is 12.6 Å². The Labute approximate surface area is 120 Å². The number of hydrogen-bond donors (Lipinski definition) is 1. The summed E-state index contributed by atoms with van der Waals surface area (Å²) in [5.41, 5.74) is 0.884. The van der Waals surface area contributed by atoms with E-state index in [4.69, 9.17) is 0 Å². The quantitative estimate of drug-likeness (QED) is 0.831. The second-order valence-electron chi connectivity index (χ2n) is 5.16. The predicted octanol–water partition coefficient (Wildman–Crippen LogP) is 1.66. The monoisotopic (exact) mass is 274 g/mol. The largest absolute Gasteiger partial charge is 0.392 e. The third kappa shape index (κ3) is 3.92. The lowest BCUT2D eigenvalue weighted by Gasteiger charge is -2.31. The number of β-amino-alcohol motifs (C(OH)–C–C–N with tert-alkyl or cyclic N) is 1. The van der Waals surface area contributed by atoms with Crippen LogP contribution in [0.2, 0.25) is 0 Å². The fourth-order valence-electron chi connectivity index (χ4n) is 2.54. The highest BCUT2D eigenvalue weighted by Gasteiger charge is 2.22. The van der Waals surface area contributed by atoms with Crippen molar-refractivity contribution in [3.05, 3.63) is 43.0 Å². The Balaban J connectivity index is 2.02. The molecule has 1 fully saturated rings. The van der Waals surface area contributed by atoms with Crippen LogP contribution in [0.25, 0.3) is 0 Å². The van der Waals surface area contributed by atoms with Crippen molar-refractivity contribution in [2.45, 2.75) is 18.9 Å². The fraction of sp³-hybridized carbons (Fsp3) is 0.438. The van der Waals surface area contributed by atoms with Gasteiger partial charge < -0.3 is 10.0 Å². The molecule has 1 amide bonds. The average Bonchev–Trinajstić information content (AvgIpc) is 2.45. The fourth-order valence-corrected chi connectivity index (χ4v) is 2.54. The van der Waals surface area contributed by atoms with Gasteiger partial charge in [-0.2, -0.15) is 0 Å². The number of para-hydroxylation sites is 1. The SMILES string of the molecule is C=CCN(C(=O)CN1CCCC(O)C1)c1ccccc1. The van der Waals surface area contributed by atoms with E-state index in [1.165, 1.54) is 0 Å². The molecule has 4 heteroatoms. The molecule has 1 unspecified atom stereocenters. The van der Waals surface area contributed by atoms with Crippen LogP contribution in [0.3, 0.4) is 0 Å². The van der Waals surface area contributed by atoms with Crippen molar-refractivity contribution in [1.82, 2.24) is 4.90 Å². The van der Waals surface area contributed by atoms with Crippen LogP contribution in [-0.4, -0.2) is 48.2 Å². The van der Waals surface area contributed by atoms with E-state index >= 15 is 0 Å². The summed E-state index contributed by atoms with van der Waals surface area (Å²) in [6.45, 7) is 6.03. The zero-order valence-corrected chi connectivity index (χ0v) is 11.7. The van der Waals surface area contributed by atoms with Gasteiger partial charge in [0.25, 0.3) is 0 Å². The second kappa shape index (κ2) is 7.22. The van der Waals surface area contributed by atoms with Crippen molar-refractivity contribution in [1.29, 1.82) is 0 Å². The Kier molecular flexibility index (Phi) is 5.32. The molecular weight excluding hydrogens is 252 g/mol. The Bertz CT molecular complexity index is 447. The highest BCUT2D eigenvalue weighted by Crippen LogP contribution is 2.15. The first-order valence-corrected chi connectivity index (χ1v) is 7.07. The first kappa shape index (κ1) is 14.8. The van der Waals surface area contributed by atoms with Crippen molar-refractivity contribution in [3.8, 4) is 0 Å². The zero-order chi connectivity index (χ0) is 14.4. The van der Waals surface area contributed by atoms with E-state index < -0.39 is 0 Å². The minimum Gasteiger partial charge on any atom is -0.392 e. The molecule has 0 spiro atoms. The van der Waals surface area contributed by atoms with Gasteiger partial charge in [0.2, 0.25) is 5.91 Å². The van der Waals surface area contributed by atoms with Gasteiger partial charge in [-0.3, -0.25) is 9.69 Å². The van der Waals surface area contributed by atoms with Crippen molar-refractivity contribution >= 4 is 11.6 Å². The van der Waals surface area contributed by atoms with E-state index in [1.54, 1.807) is 11.0 Å². The normalized spacial score (nSPS) is 19.6. The molecule has 0 aromatic heterocycles. The van der Waals surface area contributed by atoms with E-state index in [2.05, 4.69) is 6.58 Å². The van der Waals surface area contributed by atoms with Crippen LogP contribution >= 0.6 is 0 Å². The number of anilines is 1. The Hall–Kier alpha value is -1.65. The third-order valence-corrected chi connectivity index (χ3v) is 3.52. The Morgan fingerprint density at radius 1 is 1.45 bits per heavy atom. The van der Waals surface area contributed by atoms with Crippen LogP contribution in [0.1, 0.15) is 12.8 Å². The maximum Gasteiger partial charge on any atom is 0.241 e. The molecule has 0 radical (unpaired) electrons. The van der Waals surface area contributed by atoms with Crippen LogP contribution in [-0.2, 0) is 4.79 Å². The van der Waals surface area contributed by atoms with E-state index in [1.807, 2.05) is 35.2 Å². The smallest absolute Gasteiger partial charge is 0.241 e. The highest BCUT2D eigenvalue weighted by molar-refractivity contribution is 5.95. The lowest BCUT2D eigenvalue weighted by Crippen LogP contribution is -2.45. The first-order valence-electron chi connectivity index (χ1n) is 7.07. The second-order valence-corrected chi connectivity index (χ2v) is 5.16. The summed E-state index contributed by atoms with van der Waals surface area (Å²) < 4.78 is 0. The summed E-state index contributed by atoms with van der Waals surface area (Å²) in [5.74, 6) is 0.0465. The number of aliphatic hydroxyl groups excluding tert-OH is 1. The molecule has 1 saturated heterocycles. The topological polar surface area (TPSA) is 43.8 Å². The van der Waals surface area contributed by atoms with Crippen LogP contribution < -0.4 is 4.90 Å². The minimum atomic E-state index is -0.305. The first-order chi connectivity index (χ1) is 9.70. The molecule has 20 heavy (non-hydrogen) atoms. The molecule has 0 bridgehead atoms. The molecule has 108 valence electrons. The number of carbonyl (C=O) groups excluding carboxylic acids is 1. The average molecular weight is 274 g/mol. The van der Waals surface area contributed by atoms with Gasteiger partial charge in [-0.15, -0.1) is 6.58 Å². The Morgan fingerprint density at radius 3 is 2.85 bits per heavy atom. The van der Waals surface area contributed by atoms with Gasteiger partial charge in [0.15, 0.2) is 0 Å². The predicted molar refractivity (Wildman–Crippen MR) is 80.7 cm³/mol. The number of nitrogens with zero attached hydrogens (tertiary/aromatic N) is 2. The number of aliphatic hydroxyl groups is 1. The van der Waals surface area contributed by atoms with Gasteiger partial charge in [-0.1, -0.05) is 24.3 Å². The lowest BCUT2D eigenvalue weighted by atomic mass is 10.1. The molecule has 1 heterocycles. The van der Waals surface area contributed by atoms with E-state index in [-0.39, 0.29) is 12.0 Å². The summed E-state index contributed by atoms with van der Waals surface area (Å²) in [6.07, 6.45) is 3.21. The van der Waals surface area contributed by atoms with Crippen LogP contribution in [0.5, 0.6) is 0 Å². The van der Waals surface area contributed by atoms with Crippen LogP contribution in [0.15, 0.2) is 43.0 Å². The summed E-state index contributed by atoms with van der Waals surface area (Å²) in [4.78, 5) is 16.2. The molecule has 1 atom stereocenters. The third-order valence-electron chi connectivity index (χ3n) is 3.52. The molecule has 4 nitrogen and oxygen atoms in total. The number of likely N-dealkylation sites (tertiary alicyclic amines) is 1. The molecule has 2 rings (SSSR count). The number of carbonyl (C=O) groups is 1. The molecule has 1 aromatic rings. The Morgan fingerprint density at radius 2 is 2.20 bits per heavy atom. The van der Waals surface area contributed by atoms with Gasteiger partial charge in [-0.25, -0.2) is 0 Å². The van der Waals surface area contributed by atoms with Crippen molar-refractivity contribution in [3.63, 3.8) is 0 Å². The van der Waals surface area contributed by atoms with E-state index in [9.17, 15) is 9.90 Å². The molecular formula is C16H22N2O2. The molecule has 0 saturated carbocycles. The van der Waals surface area contributed by atoms with Crippen molar-refractivity contribution in [2.24, 2.45) is 0 Å². The van der Waals surface area contributed by atoms with Crippen LogP contribution in [0.4, 0.5) is 5.69 Å². The summed E-state index contributed by atoms with van der Waals surface area (Å²) in [5, 5.41) is 9.67. The lowest BCUT2D eigenvalue weighted by molar-refractivity contribution is -0.120. The maximum absolute atomic E-state index is 12.5. The van der Waals surface area contributed by atoms with Gasteiger partial charge in [0, 0.05) is 18.8 Å². The summed E-state index contributed by atoms with van der Waals surface area (Å²) in [6, 6.07) is 9.62. The van der Waals surface area contributed by atoms with E-state index in [0.29, 0.717) is 19.6 Å². The van der Waals surface area contributed by atoms with Gasteiger partial charge >= 0.3 is 0 Å². The molecule has 0 aliphatic carbocycles.